The standard InChI is InChI=1S/C20H22ClN3O/c1-3-24(4-2)13-14-12-15(8-9-19(14)25)23-18-10-11-22-20-16(18)6-5-7-17(20)21/h5-12,25H,3-4,13H2,1-2H3,(H,22,23). The van der Waals surface area contributed by atoms with Gasteiger partial charge in [0, 0.05) is 35.1 Å². The number of benzene rings is 2. The van der Waals surface area contributed by atoms with Gasteiger partial charge in [0.15, 0.2) is 0 Å². The largest absolute Gasteiger partial charge is 0.508 e. The van der Waals surface area contributed by atoms with Gasteiger partial charge in [-0.1, -0.05) is 37.6 Å². The molecule has 5 heteroatoms. The average molecular weight is 356 g/mol. The normalized spacial score (nSPS) is 11.2. The number of rotatable bonds is 6. The predicted molar refractivity (Wildman–Crippen MR) is 105 cm³/mol. The molecule has 0 aliphatic heterocycles. The van der Waals surface area contributed by atoms with Crippen LogP contribution < -0.4 is 5.32 Å². The number of para-hydroxylation sites is 1. The molecule has 0 saturated heterocycles. The predicted octanol–water partition coefficient (Wildman–Crippen LogP) is 5.18. The summed E-state index contributed by atoms with van der Waals surface area (Å²) in [5, 5.41) is 15.2. The highest BCUT2D eigenvalue weighted by Gasteiger charge is 2.09. The van der Waals surface area contributed by atoms with E-state index in [-0.39, 0.29) is 0 Å². The Kier molecular flexibility index (Phi) is 5.41. The van der Waals surface area contributed by atoms with Crippen LogP contribution in [0.1, 0.15) is 19.4 Å². The van der Waals surface area contributed by atoms with Crippen molar-refractivity contribution < 1.29 is 5.11 Å². The van der Waals surface area contributed by atoms with Crippen molar-refractivity contribution in [2.24, 2.45) is 0 Å². The number of phenolic OH excluding ortho intramolecular Hbond substituents is 1. The number of pyridine rings is 1. The number of aromatic hydroxyl groups is 1. The summed E-state index contributed by atoms with van der Waals surface area (Å²) in [6.07, 6.45) is 1.74. The molecule has 0 spiro atoms. The zero-order valence-corrected chi connectivity index (χ0v) is 15.2. The lowest BCUT2D eigenvalue weighted by Gasteiger charge is -2.19. The van der Waals surface area contributed by atoms with Crippen molar-refractivity contribution in [1.29, 1.82) is 0 Å². The third-order valence-corrected chi connectivity index (χ3v) is 4.67. The van der Waals surface area contributed by atoms with Crippen molar-refractivity contribution in [2.45, 2.75) is 20.4 Å². The maximum absolute atomic E-state index is 10.2. The van der Waals surface area contributed by atoms with E-state index in [1.54, 1.807) is 12.3 Å². The van der Waals surface area contributed by atoms with E-state index in [1.165, 1.54) is 0 Å². The van der Waals surface area contributed by atoms with E-state index in [0.717, 1.165) is 47.5 Å². The van der Waals surface area contributed by atoms with E-state index in [2.05, 4.69) is 29.0 Å². The molecule has 3 rings (SSSR count). The van der Waals surface area contributed by atoms with Crippen LogP contribution in [0.3, 0.4) is 0 Å². The lowest BCUT2D eigenvalue weighted by Crippen LogP contribution is -2.22. The topological polar surface area (TPSA) is 48.4 Å². The van der Waals surface area contributed by atoms with Crippen molar-refractivity contribution >= 4 is 33.9 Å². The molecule has 0 amide bonds. The number of hydrogen-bond acceptors (Lipinski definition) is 4. The van der Waals surface area contributed by atoms with Crippen molar-refractivity contribution in [3.05, 3.63) is 59.2 Å². The van der Waals surface area contributed by atoms with Gasteiger partial charge in [0.05, 0.1) is 10.5 Å². The number of hydrogen-bond donors (Lipinski definition) is 2. The van der Waals surface area contributed by atoms with Gasteiger partial charge in [-0.05, 0) is 43.4 Å². The number of nitrogens with one attached hydrogen (secondary N) is 1. The van der Waals surface area contributed by atoms with Crippen LogP contribution in [0, 0.1) is 0 Å². The molecule has 3 aromatic rings. The number of fused-ring (bicyclic) bond motifs is 1. The van der Waals surface area contributed by atoms with E-state index in [9.17, 15) is 5.11 Å². The number of nitrogens with zero attached hydrogens (tertiary/aromatic N) is 2. The molecule has 2 aromatic carbocycles. The fraction of sp³-hybridized carbons (Fsp3) is 0.250. The Balaban J connectivity index is 1.92. The van der Waals surface area contributed by atoms with E-state index < -0.39 is 0 Å². The highest BCUT2D eigenvalue weighted by Crippen LogP contribution is 2.31. The van der Waals surface area contributed by atoms with Crippen LogP contribution in [0.4, 0.5) is 11.4 Å². The molecule has 25 heavy (non-hydrogen) atoms. The molecule has 0 radical (unpaired) electrons. The maximum atomic E-state index is 10.2. The first kappa shape index (κ1) is 17.5. The van der Waals surface area contributed by atoms with Gasteiger partial charge in [0.2, 0.25) is 0 Å². The van der Waals surface area contributed by atoms with Gasteiger partial charge >= 0.3 is 0 Å². The molecule has 0 fully saturated rings. The molecule has 0 saturated carbocycles. The Labute approximate surface area is 153 Å². The van der Waals surface area contributed by atoms with Crippen LogP contribution in [0.25, 0.3) is 10.9 Å². The van der Waals surface area contributed by atoms with Gasteiger partial charge in [-0.15, -0.1) is 0 Å². The van der Waals surface area contributed by atoms with Crippen LogP contribution in [-0.4, -0.2) is 28.1 Å². The summed E-state index contributed by atoms with van der Waals surface area (Å²) < 4.78 is 0. The Morgan fingerprint density at radius 3 is 2.68 bits per heavy atom. The summed E-state index contributed by atoms with van der Waals surface area (Å²) in [6, 6.07) is 13.3. The molecule has 0 unspecified atom stereocenters. The molecule has 130 valence electrons. The highest BCUT2D eigenvalue weighted by atomic mass is 35.5. The Morgan fingerprint density at radius 2 is 1.92 bits per heavy atom. The molecule has 0 bridgehead atoms. The monoisotopic (exact) mass is 355 g/mol. The van der Waals surface area contributed by atoms with Gasteiger partial charge in [0.1, 0.15) is 5.75 Å². The average Bonchev–Trinajstić information content (AvgIpc) is 2.63. The summed E-state index contributed by atoms with van der Waals surface area (Å²) in [7, 11) is 0. The minimum Gasteiger partial charge on any atom is -0.508 e. The van der Waals surface area contributed by atoms with Gasteiger partial charge in [0.25, 0.3) is 0 Å². The lowest BCUT2D eigenvalue weighted by molar-refractivity contribution is 0.291. The fourth-order valence-electron chi connectivity index (χ4n) is 2.88. The molecule has 0 aliphatic rings. The van der Waals surface area contributed by atoms with Gasteiger partial charge < -0.3 is 10.4 Å². The SMILES string of the molecule is CCN(CC)Cc1cc(Nc2ccnc3c(Cl)cccc23)ccc1O. The summed E-state index contributed by atoms with van der Waals surface area (Å²) in [5.74, 6) is 0.320. The summed E-state index contributed by atoms with van der Waals surface area (Å²) in [5.41, 5.74) is 3.54. The lowest BCUT2D eigenvalue weighted by atomic mass is 10.1. The molecular formula is C20H22ClN3O. The Morgan fingerprint density at radius 1 is 1.12 bits per heavy atom. The van der Waals surface area contributed by atoms with Crippen LogP contribution in [0.15, 0.2) is 48.7 Å². The Bertz CT molecular complexity index is 878. The van der Waals surface area contributed by atoms with E-state index in [0.29, 0.717) is 10.8 Å². The zero-order chi connectivity index (χ0) is 17.8. The zero-order valence-electron chi connectivity index (χ0n) is 14.5. The number of aromatic nitrogens is 1. The number of anilines is 2. The second-order valence-electron chi connectivity index (χ2n) is 5.92. The molecule has 0 atom stereocenters. The first-order valence-corrected chi connectivity index (χ1v) is 8.84. The van der Waals surface area contributed by atoms with Crippen molar-refractivity contribution in [2.75, 3.05) is 18.4 Å². The smallest absolute Gasteiger partial charge is 0.120 e. The van der Waals surface area contributed by atoms with Crippen molar-refractivity contribution in [3.8, 4) is 5.75 Å². The van der Waals surface area contributed by atoms with E-state index >= 15 is 0 Å². The van der Waals surface area contributed by atoms with Crippen LogP contribution in [0.2, 0.25) is 5.02 Å². The van der Waals surface area contributed by atoms with E-state index in [4.69, 9.17) is 11.6 Å². The third kappa shape index (κ3) is 3.86. The van der Waals surface area contributed by atoms with Crippen molar-refractivity contribution in [3.63, 3.8) is 0 Å². The fourth-order valence-corrected chi connectivity index (χ4v) is 3.11. The molecule has 1 heterocycles. The van der Waals surface area contributed by atoms with Gasteiger partial charge in [-0.25, -0.2) is 0 Å². The second kappa shape index (κ2) is 7.72. The quantitative estimate of drug-likeness (QED) is 0.598. The molecule has 1 aromatic heterocycles. The van der Waals surface area contributed by atoms with Gasteiger partial charge in [-0.3, -0.25) is 9.88 Å². The van der Waals surface area contributed by atoms with Gasteiger partial charge in [-0.2, -0.15) is 0 Å². The Hall–Kier alpha value is -2.30. The van der Waals surface area contributed by atoms with Crippen LogP contribution >= 0.6 is 11.6 Å². The van der Waals surface area contributed by atoms with Crippen LogP contribution in [-0.2, 0) is 6.54 Å². The molecule has 4 nitrogen and oxygen atoms in total. The van der Waals surface area contributed by atoms with E-state index in [1.807, 2.05) is 36.4 Å². The molecule has 0 aliphatic carbocycles. The molecular weight excluding hydrogens is 334 g/mol. The first-order chi connectivity index (χ1) is 12.1. The first-order valence-electron chi connectivity index (χ1n) is 8.46. The summed E-state index contributed by atoms with van der Waals surface area (Å²) >= 11 is 6.24. The third-order valence-electron chi connectivity index (χ3n) is 4.37. The number of halogens is 1. The highest BCUT2D eigenvalue weighted by molar-refractivity contribution is 6.35. The summed E-state index contributed by atoms with van der Waals surface area (Å²) in [6.45, 7) is 6.85. The minimum atomic E-state index is 0.320. The number of phenols is 1. The summed E-state index contributed by atoms with van der Waals surface area (Å²) in [4.78, 5) is 6.62. The second-order valence-corrected chi connectivity index (χ2v) is 6.33. The van der Waals surface area contributed by atoms with Crippen LogP contribution in [0.5, 0.6) is 5.75 Å². The maximum Gasteiger partial charge on any atom is 0.120 e. The van der Waals surface area contributed by atoms with Crippen molar-refractivity contribution in [1.82, 2.24) is 9.88 Å². The minimum absolute atomic E-state index is 0.320. The molecule has 2 N–H and O–H groups in total.